The van der Waals surface area contributed by atoms with Gasteiger partial charge in [-0.25, -0.2) is 0 Å². The van der Waals surface area contributed by atoms with E-state index in [0.29, 0.717) is 22.0 Å². The number of para-hydroxylation sites is 1. The summed E-state index contributed by atoms with van der Waals surface area (Å²) in [6, 6.07) is 20.4. The van der Waals surface area contributed by atoms with Gasteiger partial charge in [0.15, 0.2) is 18.1 Å². The number of nitrogens with one attached hydrogen (secondary N) is 2. The second-order valence-electron chi connectivity index (χ2n) is 6.87. The molecule has 3 aromatic carbocycles. The fraction of sp³-hybridized carbons (Fsp3) is 0.0800. The van der Waals surface area contributed by atoms with Gasteiger partial charge >= 0.3 is 0 Å². The summed E-state index contributed by atoms with van der Waals surface area (Å²) in [5.41, 5.74) is 1.36. The molecule has 0 radical (unpaired) electrons. The Bertz CT molecular complexity index is 1270. The lowest BCUT2D eigenvalue weighted by molar-refractivity contribution is -0.118. The number of carbonyl (C=O) groups excluding carboxylic acids is 2. The Morgan fingerprint density at radius 3 is 2.41 bits per heavy atom. The van der Waals surface area contributed by atoms with Crippen molar-refractivity contribution in [3.63, 3.8) is 0 Å². The van der Waals surface area contributed by atoms with E-state index in [9.17, 15) is 14.9 Å². The van der Waals surface area contributed by atoms with E-state index in [0.717, 1.165) is 0 Å². The van der Waals surface area contributed by atoms with E-state index in [-0.39, 0.29) is 34.6 Å². The maximum atomic E-state index is 12.5. The second-order valence-corrected chi connectivity index (χ2v) is 7.71. The zero-order chi connectivity index (χ0) is 24.5. The van der Waals surface area contributed by atoms with Gasteiger partial charge in [-0.15, -0.1) is 0 Å². The number of anilines is 2. The fourth-order valence-corrected chi connectivity index (χ4v) is 3.36. The maximum absolute atomic E-state index is 12.5. The number of benzene rings is 3. The molecule has 0 aliphatic heterocycles. The van der Waals surface area contributed by atoms with Gasteiger partial charge < -0.3 is 20.1 Å². The minimum absolute atomic E-state index is 0.144. The minimum Gasteiger partial charge on any atom is -0.493 e. The molecule has 2 N–H and O–H groups in total. The Morgan fingerprint density at radius 1 is 1.00 bits per heavy atom. The predicted molar refractivity (Wildman–Crippen MR) is 132 cm³/mol. The molecule has 0 atom stereocenters. The van der Waals surface area contributed by atoms with Gasteiger partial charge in [0, 0.05) is 16.4 Å². The fourth-order valence-electron chi connectivity index (χ4n) is 2.90. The summed E-state index contributed by atoms with van der Waals surface area (Å²) in [5, 5.41) is 15.4. The smallest absolute Gasteiger partial charge is 0.266 e. The van der Waals surface area contributed by atoms with Crippen LogP contribution in [0.4, 0.5) is 11.4 Å². The van der Waals surface area contributed by atoms with Crippen LogP contribution in [0.25, 0.3) is 6.08 Å². The van der Waals surface area contributed by atoms with Crippen molar-refractivity contribution in [1.29, 1.82) is 5.26 Å². The number of ether oxygens (including phenoxy) is 2. The molecule has 9 heteroatoms. The standard InChI is InChI=1S/C25H19Cl2N3O4/c1-33-22-12-16(10-17(14-28)25(32)30-20-9-5-6-18(26)13-20)11-21(27)24(22)34-15-23(31)29-19-7-3-2-4-8-19/h2-13H,15H2,1H3,(H,29,31)(H,30,32)/b17-10+. The molecular weight excluding hydrogens is 477 g/mol. The Labute approximate surface area is 206 Å². The van der Waals surface area contributed by atoms with Crippen LogP contribution < -0.4 is 20.1 Å². The van der Waals surface area contributed by atoms with E-state index < -0.39 is 5.91 Å². The maximum Gasteiger partial charge on any atom is 0.266 e. The van der Waals surface area contributed by atoms with Gasteiger partial charge in [-0.2, -0.15) is 5.26 Å². The number of rotatable bonds is 8. The Morgan fingerprint density at radius 2 is 1.74 bits per heavy atom. The molecule has 0 aliphatic rings. The number of amides is 2. The van der Waals surface area contributed by atoms with Crippen LogP contribution in [0.3, 0.4) is 0 Å². The van der Waals surface area contributed by atoms with Crippen molar-refractivity contribution in [1.82, 2.24) is 0 Å². The normalized spacial score (nSPS) is 10.7. The topological polar surface area (TPSA) is 100 Å². The van der Waals surface area contributed by atoms with Crippen LogP contribution in [0, 0.1) is 11.3 Å². The molecule has 0 aromatic heterocycles. The van der Waals surface area contributed by atoms with Crippen molar-refractivity contribution in [2.75, 3.05) is 24.4 Å². The minimum atomic E-state index is -0.613. The second kappa shape index (κ2) is 11.8. The van der Waals surface area contributed by atoms with E-state index in [4.69, 9.17) is 32.7 Å². The molecule has 0 heterocycles. The van der Waals surface area contributed by atoms with Crippen LogP contribution in [0.1, 0.15) is 5.56 Å². The van der Waals surface area contributed by atoms with Gasteiger partial charge in [-0.05, 0) is 54.1 Å². The molecule has 172 valence electrons. The Balaban J connectivity index is 1.74. The molecule has 0 fully saturated rings. The van der Waals surface area contributed by atoms with Gasteiger partial charge in [0.05, 0.1) is 12.1 Å². The highest BCUT2D eigenvalue weighted by Crippen LogP contribution is 2.37. The molecule has 0 saturated carbocycles. The lowest BCUT2D eigenvalue weighted by Gasteiger charge is -2.13. The van der Waals surface area contributed by atoms with Crippen LogP contribution >= 0.6 is 23.2 Å². The van der Waals surface area contributed by atoms with Crippen molar-refractivity contribution >= 4 is 52.5 Å². The van der Waals surface area contributed by atoms with Crippen molar-refractivity contribution in [3.05, 3.63) is 87.9 Å². The molecule has 0 saturated heterocycles. The highest BCUT2D eigenvalue weighted by Gasteiger charge is 2.16. The average molecular weight is 496 g/mol. The van der Waals surface area contributed by atoms with Crippen molar-refractivity contribution < 1.29 is 19.1 Å². The third-order valence-electron chi connectivity index (χ3n) is 4.42. The average Bonchev–Trinajstić information content (AvgIpc) is 2.82. The van der Waals surface area contributed by atoms with Crippen LogP contribution in [0.2, 0.25) is 10.0 Å². The van der Waals surface area contributed by atoms with Gasteiger partial charge in [-0.1, -0.05) is 47.5 Å². The number of nitrogens with zero attached hydrogens (tertiary/aromatic N) is 1. The summed E-state index contributed by atoms with van der Waals surface area (Å²) < 4.78 is 10.9. The highest BCUT2D eigenvalue weighted by molar-refractivity contribution is 6.32. The number of hydrogen-bond donors (Lipinski definition) is 2. The molecule has 0 aliphatic carbocycles. The van der Waals surface area contributed by atoms with E-state index in [1.54, 1.807) is 54.6 Å². The third kappa shape index (κ3) is 6.75. The summed E-state index contributed by atoms with van der Waals surface area (Å²) in [6.45, 7) is -0.300. The summed E-state index contributed by atoms with van der Waals surface area (Å²) >= 11 is 12.3. The lowest BCUT2D eigenvalue weighted by atomic mass is 10.1. The molecule has 0 spiro atoms. The summed E-state index contributed by atoms with van der Waals surface area (Å²) in [4.78, 5) is 24.7. The van der Waals surface area contributed by atoms with E-state index in [1.165, 1.54) is 19.3 Å². The SMILES string of the molecule is COc1cc(/C=C(\C#N)C(=O)Nc2cccc(Cl)c2)cc(Cl)c1OCC(=O)Nc1ccccc1. The molecule has 3 aromatic rings. The van der Waals surface area contributed by atoms with Crippen molar-refractivity contribution in [3.8, 4) is 17.6 Å². The Hall–Kier alpha value is -3.99. The van der Waals surface area contributed by atoms with Gasteiger partial charge in [0.2, 0.25) is 0 Å². The van der Waals surface area contributed by atoms with Crippen LogP contribution in [-0.2, 0) is 9.59 Å². The van der Waals surface area contributed by atoms with Gasteiger partial charge in [-0.3, -0.25) is 9.59 Å². The molecule has 3 rings (SSSR count). The number of nitriles is 1. The van der Waals surface area contributed by atoms with Crippen molar-refractivity contribution in [2.45, 2.75) is 0 Å². The molecule has 0 unspecified atom stereocenters. The zero-order valence-electron chi connectivity index (χ0n) is 18.0. The molecule has 34 heavy (non-hydrogen) atoms. The molecule has 7 nitrogen and oxygen atoms in total. The van der Waals surface area contributed by atoms with Crippen molar-refractivity contribution in [2.24, 2.45) is 0 Å². The van der Waals surface area contributed by atoms with Gasteiger partial charge in [0.25, 0.3) is 11.8 Å². The van der Waals surface area contributed by atoms with Crippen LogP contribution in [-0.4, -0.2) is 25.5 Å². The molecule has 2 amide bonds. The van der Waals surface area contributed by atoms with Crippen LogP contribution in [0.15, 0.2) is 72.3 Å². The van der Waals surface area contributed by atoms with E-state index >= 15 is 0 Å². The molecule has 0 bridgehead atoms. The first-order chi connectivity index (χ1) is 16.4. The summed E-state index contributed by atoms with van der Waals surface area (Å²) in [6.07, 6.45) is 1.36. The number of halogens is 2. The molecular formula is C25H19Cl2N3O4. The van der Waals surface area contributed by atoms with E-state index in [1.807, 2.05) is 12.1 Å². The summed E-state index contributed by atoms with van der Waals surface area (Å²) in [7, 11) is 1.41. The first-order valence-corrected chi connectivity index (χ1v) is 10.7. The quantitative estimate of drug-likeness (QED) is 0.314. The Kier molecular flexibility index (Phi) is 8.52. The zero-order valence-corrected chi connectivity index (χ0v) is 19.5. The third-order valence-corrected chi connectivity index (χ3v) is 4.93. The first-order valence-electron chi connectivity index (χ1n) is 9.93. The first kappa shape index (κ1) is 24.6. The number of methoxy groups -OCH3 is 1. The predicted octanol–water partition coefficient (Wildman–Crippen LogP) is 5.57. The van der Waals surface area contributed by atoms with Gasteiger partial charge in [0.1, 0.15) is 11.6 Å². The van der Waals surface area contributed by atoms with E-state index in [2.05, 4.69) is 10.6 Å². The monoisotopic (exact) mass is 495 g/mol. The largest absolute Gasteiger partial charge is 0.493 e. The highest BCUT2D eigenvalue weighted by atomic mass is 35.5. The lowest BCUT2D eigenvalue weighted by Crippen LogP contribution is -2.20. The number of carbonyl (C=O) groups is 2. The summed E-state index contributed by atoms with van der Waals surface area (Å²) in [5.74, 6) is -0.597. The number of hydrogen-bond acceptors (Lipinski definition) is 5. The van der Waals surface area contributed by atoms with Crippen LogP contribution in [0.5, 0.6) is 11.5 Å².